The number of hydrogen-bond acceptors (Lipinski definition) is 4. The summed E-state index contributed by atoms with van der Waals surface area (Å²) in [5.41, 5.74) is 0. The Morgan fingerprint density at radius 3 is 1.44 bits per heavy atom. The predicted molar refractivity (Wildman–Crippen MR) is 186 cm³/mol. The van der Waals surface area contributed by atoms with E-state index >= 15 is 0 Å². The van der Waals surface area contributed by atoms with Crippen LogP contribution in [-0.2, 0) is 14.3 Å². The molecule has 0 rings (SSSR count). The van der Waals surface area contributed by atoms with Gasteiger partial charge in [0, 0.05) is 13.0 Å². The molecule has 0 saturated heterocycles. The highest BCUT2D eigenvalue weighted by Gasteiger charge is 2.13. The average molecular weight is 599 g/mol. The Hall–Kier alpha value is -2.17. The molecule has 0 heterocycles. The molecule has 4 nitrogen and oxygen atoms in total. The first-order valence-corrected chi connectivity index (χ1v) is 17.5. The quantitative estimate of drug-likeness (QED) is 0.0490. The van der Waals surface area contributed by atoms with E-state index in [1.165, 1.54) is 70.6 Å². The molecule has 0 radical (unpaired) electrons. The fourth-order valence-electron chi connectivity index (χ4n) is 4.47. The van der Waals surface area contributed by atoms with Gasteiger partial charge in [0.2, 0.25) is 0 Å². The zero-order chi connectivity index (χ0) is 31.3. The van der Waals surface area contributed by atoms with Crippen LogP contribution in [0.1, 0.15) is 142 Å². The van der Waals surface area contributed by atoms with Gasteiger partial charge in [-0.05, 0) is 51.4 Å². The second-order valence-electron chi connectivity index (χ2n) is 11.2. The van der Waals surface area contributed by atoms with Crippen molar-refractivity contribution in [3.8, 4) is 0 Å². The Bertz CT molecular complexity index is 759. The van der Waals surface area contributed by atoms with E-state index in [1.54, 1.807) is 0 Å². The normalized spacial score (nSPS) is 13.3. The highest BCUT2D eigenvalue weighted by molar-refractivity contribution is 5.69. The standard InChI is InChI=1S/C39H66O4/c1-3-5-7-9-11-13-15-17-18-19-20-21-22-23-24-26-28-30-32-34-39(41)43-38(36-40)37-42-35-33-31-29-27-25-16-14-12-10-8-6-4-2/h5,7,11,13,17-18,20-21,23-24,28,30,38,40H,3-4,6,8-10,12,14-16,19,22,25-27,29,31-37H2,1-2H3/b7-5-,13-11-,18-17-,21-20-,24-23-,30-28-. The van der Waals surface area contributed by atoms with Crippen LogP contribution in [0.15, 0.2) is 72.9 Å². The molecule has 1 unspecified atom stereocenters. The first-order valence-electron chi connectivity index (χ1n) is 17.5. The molecule has 0 fully saturated rings. The van der Waals surface area contributed by atoms with Crippen molar-refractivity contribution < 1.29 is 19.4 Å². The van der Waals surface area contributed by atoms with Crippen LogP contribution in [0.25, 0.3) is 0 Å². The second-order valence-corrected chi connectivity index (χ2v) is 11.2. The van der Waals surface area contributed by atoms with E-state index in [0.717, 1.165) is 44.9 Å². The van der Waals surface area contributed by atoms with E-state index in [1.807, 2.05) is 6.08 Å². The van der Waals surface area contributed by atoms with Crippen molar-refractivity contribution in [2.75, 3.05) is 19.8 Å². The van der Waals surface area contributed by atoms with Crippen molar-refractivity contribution in [3.63, 3.8) is 0 Å². The molecule has 0 aromatic heterocycles. The Morgan fingerprint density at radius 2 is 1.00 bits per heavy atom. The van der Waals surface area contributed by atoms with Crippen molar-refractivity contribution in [2.24, 2.45) is 0 Å². The molecule has 4 heteroatoms. The monoisotopic (exact) mass is 598 g/mol. The van der Waals surface area contributed by atoms with E-state index < -0.39 is 6.10 Å². The summed E-state index contributed by atoms with van der Waals surface area (Å²) in [4.78, 5) is 12.1. The third kappa shape index (κ3) is 34.2. The number of aliphatic hydroxyl groups excluding tert-OH is 1. The summed E-state index contributed by atoms with van der Waals surface area (Å²) in [6.45, 7) is 5.13. The second kappa shape index (κ2) is 36.0. The molecule has 0 aliphatic heterocycles. The van der Waals surface area contributed by atoms with E-state index in [4.69, 9.17) is 9.47 Å². The molecular weight excluding hydrogens is 532 g/mol. The van der Waals surface area contributed by atoms with Gasteiger partial charge in [-0.15, -0.1) is 0 Å². The third-order valence-electron chi connectivity index (χ3n) is 7.06. The van der Waals surface area contributed by atoms with Crippen molar-refractivity contribution >= 4 is 5.97 Å². The molecule has 0 saturated carbocycles. The smallest absolute Gasteiger partial charge is 0.306 e. The van der Waals surface area contributed by atoms with Gasteiger partial charge in [-0.3, -0.25) is 4.79 Å². The average Bonchev–Trinajstić information content (AvgIpc) is 3.01. The van der Waals surface area contributed by atoms with Crippen LogP contribution in [0.4, 0.5) is 0 Å². The van der Waals surface area contributed by atoms with Gasteiger partial charge in [-0.2, -0.15) is 0 Å². The van der Waals surface area contributed by atoms with Gasteiger partial charge in [-0.1, -0.05) is 157 Å². The van der Waals surface area contributed by atoms with Crippen LogP contribution in [-0.4, -0.2) is 37.0 Å². The molecule has 0 amide bonds. The first-order chi connectivity index (χ1) is 21.2. The Kier molecular flexibility index (Phi) is 34.2. The van der Waals surface area contributed by atoms with Crippen LogP contribution < -0.4 is 0 Å². The van der Waals surface area contributed by atoms with Crippen molar-refractivity contribution in [1.82, 2.24) is 0 Å². The molecular formula is C39H66O4. The number of unbranched alkanes of at least 4 members (excludes halogenated alkanes) is 11. The van der Waals surface area contributed by atoms with Gasteiger partial charge in [0.25, 0.3) is 0 Å². The number of carbonyl (C=O) groups is 1. The molecule has 0 bridgehead atoms. The lowest BCUT2D eigenvalue weighted by atomic mass is 10.1. The van der Waals surface area contributed by atoms with Crippen LogP contribution in [0.5, 0.6) is 0 Å². The molecule has 1 N–H and O–H groups in total. The lowest BCUT2D eigenvalue weighted by molar-refractivity contribution is -0.154. The minimum absolute atomic E-state index is 0.204. The third-order valence-corrected chi connectivity index (χ3v) is 7.06. The van der Waals surface area contributed by atoms with Crippen molar-refractivity contribution in [1.29, 1.82) is 0 Å². The fraction of sp³-hybridized carbons (Fsp3) is 0.667. The summed E-state index contributed by atoms with van der Waals surface area (Å²) in [7, 11) is 0. The van der Waals surface area contributed by atoms with Gasteiger partial charge in [0.15, 0.2) is 0 Å². The van der Waals surface area contributed by atoms with Gasteiger partial charge < -0.3 is 14.6 Å². The number of allylic oxidation sites excluding steroid dienone is 12. The number of rotatable bonds is 31. The van der Waals surface area contributed by atoms with Gasteiger partial charge in [0.1, 0.15) is 6.10 Å². The molecule has 246 valence electrons. The summed E-state index contributed by atoms with van der Waals surface area (Å²) in [5.74, 6) is -0.285. The van der Waals surface area contributed by atoms with E-state index in [9.17, 15) is 9.90 Å². The lowest BCUT2D eigenvalue weighted by Gasteiger charge is -2.15. The van der Waals surface area contributed by atoms with Gasteiger partial charge >= 0.3 is 5.97 Å². The van der Waals surface area contributed by atoms with Gasteiger partial charge in [0.05, 0.1) is 13.2 Å². The maximum Gasteiger partial charge on any atom is 0.306 e. The molecule has 0 aliphatic carbocycles. The molecule has 0 spiro atoms. The lowest BCUT2D eigenvalue weighted by Crippen LogP contribution is -2.27. The summed E-state index contributed by atoms with van der Waals surface area (Å²) in [6.07, 6.45) is 48.0. The van der Waals surface area contributed by atoms with Crippen LogP contribution in [0.2, 0.25) is 0 Å². The maximum atomic E-state index is 12.1. The minimum Gasteiger partial charge on any atom is -0.457 e. The fourth-order valence-corrected chi connectivity index (χ4v) is 4.47. The SMILES string of the molecule is CC/C=C\C/C=C\C/C=C\C/C=C\C/C=C\C/C=C\CCC(=O)OC(CO)COCCCCCCCCCCCCCC. The number of hydrogen-bond donors (Lipinski definition) is 1. The van der Waals surface area contributed by atoms with Crippen LogP contribution >= 0.6 is 0 Å². The highest BCUT2D eigenvalue weighted by atomic mass is 16.6. The molecule has 1 atom stereocenters. The number of aliphatic hydroxyl groups is 1. The molecule has 0 aromatic rings. The van der Waals surface area contributed by atoms with Crippen LogP contribution in [0.3, 0.4) is 0 Å². The summed E-state index contributed by atoms with van der Waals surface area (Å²) in [5, 5.41) is 9.52. The highest BCUT2D eigenvalue weighted by Crippen LogP contribution is 2.12. The van der Waals surface area contributed by atoms with Crippen molar-refractivity contribution in [2.45, 2.75) is 148 Å². The summed E-state index contributed by atoms with van der Waals surface area (Å²) < 4.78 is 11.0. The van der Waals surface area contributed by atoms with E-state index in [-0.39, 0.29) is 19.2 Å². The number of esters is 1. The Morgan fingerprint density at radius 1 is 0.581 bits per heavy atom. The zero-order valence-corrected chi connectivity index (χ0v) is 27.9. The number of carbonyl (C=O) groups excluding carboxylic acids is 1. The topological polar surface area (TPSA) is 55.8 Å². The van der Waals surface area contributed by atoms with E-state index in [2.05, 4.69) is 80.7 Å². The van der Waals surface area contributed by atoms with E-state index in [0.29, 0.717) is 19.4 Å². The zero-order valence-electron chi connectivity index (χ0n) is 27.9. The van der Waals surface area contributed by atoms with Gasteiger partial charge in [-0.25, -0.2) is 0 Å². The first kappa shape index (κ1) is 40.8. The summed E-state index contributed by atoms with van der Waals surface area (Å²) >= 11 is 0. The maximum absolute atomic E-state index is 12.1. The Labute approximate surface area is 266 Å². The summed E-state index contributed by atoms with van der Waals surface area (Å²) in [6, 6.07) is 0. The minimum atomic E-state index is -0.574. The van der Waals surface area contributed by atoms with Crippen LogP contribution in [0, 0.1) is 0 Å². The largest absolute Gasteiger partial charge is 0.457 e. The molecule has 0 aliphatic rings. The Balaban J connectivity index is 3.64. The number of ether oxygens (including phenoxy) is 2. The van der Waals surface area contributed by atoms with Crippen molar-refractivity contribution in [3.05, 3.63) is 72.9 Å². The predicted octanol–water partition coefficient (Wildman–Crippen LogP) is 11.1. The molecule has 0 aromatic carbocycles. The molecule has 43 heavy (non-hydrogen) atoms.